The number of para-hydroxylation sites is 1. The number of benzene rings is 2. The van der Waals surface area contributed by atoms with Gasteiger partial charge in [-0.3, -0.25) is 0 Å². The number of carbonyl (C=O) groups excluding carboxylic acids is 1. The van der Waals surface area contributed by atoms with Gasteiger partial charge in [0.05, 0.1) is 14.2 Å². The Bertz CT molecular complexity index is 650. The summed E-state index contributed by atoms with van der Waals surface area (Å²) in [6, 6.07) is 7.22. The van der Waals surface area contributed by atoms with Crippen LogP contribution in [0.3, 0.4) is 0 Å². The number of hydrogen-bond donors (Lipinski definition) is 2. The van der Waals surface area contributed by atoms with Crippen LogP contribution in [-0.2, 0) is 0 Å². The monoisotopic (exact) mass is 308 g/mol. The highest BCUT2D eigenvalue weighted by molar-refractivity contribution is 6.00. The Morgan fingerprint density at radius 3 is 2.00 bits per heavy atom. The summed E-state index contributed by atoms with van der Waals surface area (Å²) in [5.41, 5.74) is -0.166. The number of ether oxygens (including phenoxy) is 2. The zero-order valence-electron chi connectivity index (χ0n) is 11.9. The summed E-state index contributed by atoms with van der Waals surface area (Å²) in [6.45, 7) is 0. The first-order chi connectivity index (χ1) is 10.5. The average molecular weight is 308 g/mol. The molecule has 2 amide bonds. The minimum atomic E-state index is -0.863. The van der Waals surface area contributed by atoms with Crippen molar-refractivity contribution in [3.8, 4) is 11.5 Å². The van der Waals surface area contributed by atoms with Gasteiger partial charge in [0.2, 0.25) is 0 Å². The van der Waals surface area contributed by atoms with Crippen molar-refractivity contribution in [1.29, 1.82) is 0 Å². The second-order valence-corrected chi connectivity index (χ2v) is 4.28. The molecular weight excluding hydrogens is 294 g/mol. The quantitative estimate of drug-likeness (QED) is 0.907. The van der Waals surface area contributed by atoms with Gasteiger partial charge in [0.15, 0.2) is 0 Å². The number of halogens is 2. The van der Waals surface area contributed by atoms with Gasteiger partial charge in [-0.25, -0.2) is 13.6 Å². The Morgan fingerprint density at radius 1 is 0.955 bits per heavy atom. The maximum absolute atomic E-state index is 13.5. The van der Waals surface area contributed by atoms with Crippen LogP contribution in [0.2, 0.25) is 0 Å². The van der Waals surface area contributed by atoms with Crippen molar-refractivity contribution < 1.29 is 23.0 Å². The molecular formula is C15H14F2N2O3. The van der Waals surface area contributed by atoms with E-state index in [1.165, 1.54) is 20.3 Å². The Hall–Kier alpha value is -2.83. The van der Waals surface area contributed by atoms with E-state index in [1.807, 2.05) is 0 Å². The molecule has 0 heterocycles. The number of methoxy groups -OCH3 is 2. The van der Waals surface area contributed by atoms with E-state index < -0.39 is 23.4 Å². The summed E-state index contributed by atoms with van der Waals surface area (Å²) in [5, 5.41) is 4.57. The van der Waals surface area contributed by atoms with Crippen LogP contribution in [0.1, 0.15) is 0 Å². The fourth-order valence-corrected chi connectivity index (χ4v) is 1.77. The van der Waals surface area contributed by atoms with Gasteiger partial charge in [0, 0.05) is 23.9 Å². The predicted octanol–water partition coefficient (Wildman–Crippen LogP) is 3.63. The molecule has 0 radical (unpaired) electrons. The molecule has 2 aromatic rings. The van der Waals surface area contributed by atoms with E-state index in [9.17, 15) is 13.6 Å². The fraction of sp³-hybridized carbons (Fsp3) is 0.133. The lowest BCUT2D eigenvalue weighted by molar-refractivity contribution is 0.262. The summed E-state index contributed by atoms with van der Waals surface area (Å²) in [5.74, 6) is -0.796. The normalized spacial score (nSPS) is 10.0. The minimum Gasteiger partial charge on any atom is -0.497 e. The van der Waals surface area contributed by atoms with Crippen LogP contribution in [0, 0.1) is 11.6 Å². The standard InChI is InChI=1S/C15H14F2N2O3/c1-21-10-6-9(7-11(8-10)22-2)18-15(20)19-14-12(16)4-3-5-13(14)17/h3-8H,1-2H3,(H2,18,19,20). The van der Waals surface area contributed by atoms with Crippen LogP contribution in [0.15, 0.2) is 36.4 Å². The van der Waals surface area contributed by atoms with Crippen LogP contribution < -0.4 is 20.1 Å². The molecule has 0 aliphatic heterocycles. The fourth-order valence-electron chi connectivity index (χ4n) is 1.77. The number of amides is 2. The Balaban J connectivity index is 2.15. The lowest BCUT2D eigenvalue weighted by Gasteiger charge is -2.11. The van der Waals surface area contributed by atoms with E-state index >= 15 is 0 Å². The van der Waals surface area contributed by atoms with E-state index in [-0.39, 0.29) is 0 Å². The van der Waals surface area contributed by atoms with Crippen LogP contribution in [-0.4, -0.2) is 20.3 Å². The molecule has 2 N–H and O–H groups in total. The van der Waals surface area contributed by atoms with Gasteiger partial charge in [0.25, 0.3) is 0 Å². The molecule has 0 atom stereocenters. The zero-order valence-corrected chi connectivity index (χ0v) is 11.9. The number of carbonyl (C=O) groups is 1. The number of urea groups is 1. The third-order valence-corrected chi connectivity index (χ3v) is 2.81. The van der Waals surface area contributed by atoms with Crippen molar-refractivity contribution in [3.63, 3.8) is 0 Å². The third kappa shape index (κ3) is 3.63. The van der Waals surface area contributed by atoms with Crippen molar-refractivity contribution in [2.75, 3.05) is 24.9 Å². The minimum absolute atomic E-state index is 0.352. The molecule has 0 spiro atoms. The number of anilines is 2. The number of rotatable bonds is 4. The maximum atomic E-state index is 13.5. The largest absolute Gasteiger partial charge is 0.497 e. The molecule has 0 saturated carbocycles. The highest BCUT2D eigenvalue weighted by Crippen LogP contribution is 2.26. The molecule has 0 bridgehead atoms. The molecule has 2 aromatic carbocycles. The summed E-state index contributed by atoms with van der Waals surface area (Å²) >= 11 is 0. The van der Waals surface area contributed by atoms with Gasteiger partial charge in [-0.1, -0.05) is 6.07 Å². The van der Waals surface area contributed by atoms with Gasteiger partial charge in [-0.05, 0) is 12.1 Å². The summed E-state index contributed by atoms with van der Waals surface area (Å²) in [6.07, 6.45) is 0. The Morgan fingerprint density at radius 2 is 1.50 bits per heavy atom. The summed E-state index contributed by atoms with van der Waals surface area (Å²) in [4.78, 5) is 11.8. The van der Waals surface area contributed by atoms with Crippen molar-refractivity contribution in [3.05, 3.63) is 48.0 Å². The van der Waals surface area contributed by atoms with E-state index in [0.29, 0.717) is 17.2 Å². The summed E-state index contributed by atoms with van der Waals surface area (Å²) < 4.78 is 37.1. The van der Waals surface area contributed by atoms with E-state index in [0.717, 1.165) is 12.1 Å². The molecule has 0 aliphatic carbocycles. The van der Waals surface area contributed by atoms with Crippen LogP contribution >= 0.6 is 0 Å². The molecule has 0 unspecified atom stereocenters. The molecule has 5 nitrogen and oxygen atoms in total. The van der Waals surface area contributed by atoms with E-state index in [1.54, 1.807) is 18.2 Å². The van der Waals surface area contributed by atoms with Crippen LogP contribution in [0.25, 0.3) is 0 Å². The highest BCUT2D eigenvalue weighted by Gasteiger charge is 2.12. The van der Waals surface area contributed by atoms with Crippen molar-refractivity contribution in [2.24, 2.45) is 0 Å². The lowest BCUT2D eigenvalue weighted by Crippen LogP contribution is -2.21. The van der Waals surface area contributed by atoms with Gasteiger partial charge in [-0.15, -0.1) is 0 Å². The molecule has 7 heteroatoms. The maximum Gasteiger partial charge on any atom is 0.323 e. The van der Waals surface area contributed by atoms with Gasteiger partial charge in [0.1, 0.15) is 28.8 Å². The number of hydrogen-bond acceptors (Lipinski definition) is 3. The average Bonchev–Trinajstić information content (AvgIpc) is 2.50. The topological polar surface area (TPSA) is 59.6 Å². The second kappa shape index (κ2) is 6.75. The van der Waals surface area contributed by atoms with Gasteiger partial charge in [-0.2, -0.15) is 0 Å². The first-order valence-corrected chi connectivity index (χ1v) is 6.28. The third-order valence-electron chi connectivity index (χ3n) is 2.81. The van der Waals surface area contributed by atoms with Crippen molar-refractivity contribution in [1.82, 2.24) is 0 Å². The molecule has 0 fully saturated rings. The first kappa shape index (κ1) is 15.6. The Labute approximate surface area is 125 Å². The Kier molecular flexibility index (Phi) is 4.77. The lowest BCUT2D eigenvalue weighted by atomic mass is 10.2. The predicted molar refractivity (Wildman–Crippen MR) is 78.5 cm³/mol. The van der Waals surface area contributed by atoms with Crippen LogP contribution in [0.4, 0.5) is 25.0 Å². The molecule has 0 saturated heterocycles. The molecule has 2 rings (SSSR count). The van der Waals surface area contributed by atoms with E-state index in [4.69, 9.17) is 9.47 Å². The highest BCUT2D eigenvalue weighted by atomic mass is 19.1. The summed E-state index contributed by atoms with van der Waals surface area (Å²) in [7, 11) is 2.93. The van der Waals surface area contributed by atoms with Crippen molar-refractivity contribution in [2.45, 2.75) is 0 Å². The smallest absolute Gasteiger partial charge is 0.323 e. The van der Waals surface area contributed by atoms with Crippen molar-refractivity contribution >= 4 is 17.4 Å². The number of nitrogens with one attached hydrogen (secondary N) is 2. The second-order valence-electron chi connectivity index (χ2n) is 4.28. The van der Waals surface area contributed by atoms with E-state index in [2.05, 4.69) is 10.6 Å². The zero-order chi connectivity index (χ0) is 16.1. The van der Waals surface area contributed by atoms with Crippen LogP contribution in [0.5, 0.6) is 11.5 Å². The molecule has 0 aliphatic rings. The molecule has 0 aromatic heterocycles. The molecule has 22 heavy (non-hydrogen) atoms. The first-order valence-electron chi connectivity index (χ1n) is 6.28. The molecule has 116 valence electrons. The SMILES string of the molecule is COc1cc(NC(=O)Nc2c(F)cccc2F)cc(OC)c1. The van der Waals surface area contributed by atoms with Gasteiger partial charge < -0.3 is 20.1 Å². The van der Waals surface area contributed by atoms with Gasteiger partial charge >= 0.3 is 6.03 Å².